The van der Waals surface area contributed by atoms with Crippen LogP contribution in [0, 0.1) is 12.8 Å². The number of nitrogen functional groups attached to an aromatic ring is 1. The first-order valence-corrected chi connectivity index (χ1v) is 10.4. The maximum Gasteiger partial charge on any atom is 0.573 e. The molecule has 3 N–H and O–H groups in total. The summed E-state index contributed by atoms with van der Waals surface area (Å²) < 4.78 is 47.0. The van der Waals surface area contributed by atoms with E-state index in [0.717, 1.165) is 17.8 Å². The predicted molar refractivity (Wildman–Crippen MR) is 114 cm³/mol. The van der Waals surface area contributed by atoms with Crippen molar-refractivity contribution in [1.29, 1.82) is 0 Å². The van der Waals surface area contributed by atoms with Gasteiger partial charge in [-0.15, -0.1) is 13.2 Å². The highest BCUT2D eigenvalue weighted by Crippen LogP contribution is 2.41. The van der Waals surface area contributed by atoms with E-state index in [1.165, 1.54) is 11.0 Å². The molecule has 176 valence electrons. The Morgan fingerprint density at radius 3 is 2.67 bits per heavy atom. The molecule has 1 spiro atoms. The monoisotopic (exact) mass is 464 g/mol. The van der Waals surface area contributed by atoms with Crippen LogP contribution in [0.1, 0.15) is 31.4 Å². The van der Waals surface area contributed by atoms with Gasteiger partial charge in [-0.3, -0.25) is 9.69 Å². The van der Waals surface area contributed by atoms with Gasteiger partial charge in [-0.2, -0.15) is 0 Å². The summed E-state index contributed by atoms with van der Waals surface area (Å²) in [4.78, 5) is 31.1. The van der Waals surface area contributed by atoms with E-state index in [2.05, 4.69) is 15.0 Å². The van der Waals surface area contributed by atoms with Crippen molar-refractivity contribution in [3.8, 4) is 5.75 Å². The minimum absolute atomic E-state index is 0.0472. The Morgan fingerprint density at radius 2 is 2.00 bits per heavy atom. The second-order valence-electron chi connectivity index (χ2n) is 8.33. The number of alkyl halides is 3. The maximum atomic E-state index is 12.7. The number of nitrogens with zero attached hydrogens (tertiary/aromatic N) is 2. The Bertz CT molecular complexity index is 1070. The molecule has 11 heteroatoms. The van der Waals surface area contributed by atoms with Crippen LogP contribution < -0.4 is 20.7 Å². The average molecular weight is 464 g/mol. The number of anilines is 3. The minimum Gasteiger partial charge on any atom is -0.441 e. The summed E-state index contributed by atoms with van der Waals surface area (Å²) in [6.45, 7) is 2.18. The van der Waals surface area contributed by atoms with Gasteiger partial charge in [0.1, 0.15) is 17.2 Å². The number of benzene rings is 1. The first kappa shape index (κ1) is 22.7. The number of aryl methyl sites for hydroxylation is 1. The fourth-order valence-electron chi connectivity index (χ4n) is 4.22. The molecule has 2 heterocycles. The first-order valence-electron chi connectivity index (χ1n) is 10.4. The number of carbonyl (C=O) groups is 2. The molecular weight excluding hydrogens is 441 g/mol. The molecule has 0 radical (unpaired) electrons. The van der Waals surface area contributed by atoms with Gasteiger partial charge in [0, 0.05) is 17.7 Å². The fraction of sp³-hybridized carbons (Fsp3) is 0.409. The predicted octanol–water partition coefficient (Wildman–Crippen LogP) is 4.40. The van der Waals surface area contributed by atoms with Crippen molar-refractivity contribution >= 4 is 29.2 Å². The fourth-order valence-corrected chi connectivity index (χ4v) is 4.22. The van der Waals surface area contributed by atoms with Gasteiger partial charge in [0.15, 0.2) is 0 Å². The largest absolute Gasteiger partial charge is 0.573 e. The number of halogens is 3. The minimum atomic E-state index is -4.85. The van der Waals surface area contributed by atoms with Crippen LogP contribution in [0.2, 0.25) is 0 Å². The van der Waals surface area contributed by atoms with Crippen LogP contribution in [-0.2, 0) is 9.53 Å². The van der Waals surface area contributed by atoms with Gasteiger partial charge in [-0.1, -0.05) is 6.07 Å². The second-order valence-corrected chi connectivity index (χ2v) is 8.33. The van der Waals surface area contributed by atoms with E-state index in [1.807, 2.05) is 19.1 Å². The molecular formula is C22H23F3N4O4. The lowest BCUT2D eigenvalue weighted by Gasteiger charge is -2.34. The van der Waals surface area contributed by atoms with Gasteiger partial charge < -0.3 is 20.5 Å². The summed E-state index contributed by atoms with van der Waals surface area (Å²) in [5.74, 6) is -0.709. The van der Waals surface area contributed by atoms with Crippen molar-refractivity contribution in [2.24, 2.45) is 5.92 Å². The third-order valence-electron chi connectivity index (χ3n) is 5.90. The molecule has 0 unspecified atom stereocenters. The normalized spacial score (nSPS) is 22.8. The van der Waals surface area contributed by atoms with Crippen molar-refractivity contribution in [2.45, 2.75) is 44.6 Å². The topological polar surface area (TPSA) is 107 Å². The van der Waals surface area contributed by atoms with Gasteiger partial charge in [-0.25, -0.2) is 9.78 Å². The molecule has 1 saturated carbocycles. The van der Waals surface area contributed by atoms with Gasteiger partial charge in [0.2, 0.25) is 5.91 Å². The third-order valence-corrected chi connectivity index (χ3v) is 5.90. The molecule has 1 aliphatic heterocycles. The Balaban J connectivity index is 1.38. The second kappa shape index (κ2) is 8.45. The van der Waals surface area contributed by atoms with E-state index < -0.39 is 29.7 Å². The Hall–Kier alpha value is -3.50. The van der Waals surface area contributed by atoms with Crippen molar-refractivity contribution in [1.82, 2.24) is 4.98 Å². The van der Waals surface area contributed by atoms with Crippen molar-refractivity contribution in [2.75, 3.05) is 22.5 Å². The summed E-state index contributed by atoms with van der Waals surface area (Å²) in [5, 5.41) is 2.60. The maximum absolute atomic E-state index is 12.7. The molecule has 2 aliphatic rings. The van der Waals surface area contributed by atoms with E-state index >= 15 is 0 Å². The lowest BCUT2D eigenvalue weighted by Crippen LogP contribution is -2.41. The number of rotatable bonds is 4. The molecule has 1 aromatic heterocycles. The van der Waals surface area contributed by atoms with Crippen LogP contribution in [0.4, 0.5) is 35.2 Å². The van der Waals surface area contributed by atoms with Crippen molar-refractivity contribution in [3.05, 3.63) is 42.1 Å². The summed E-state index contributed by atoms with van der Waals surface area (Å²) in [7, 11) is 0. The first-order chi connectivity index (χ1) is 15.5. The lowest BCUT2D eigenvalue weighted by atomic mass is 9.78. The molecule has 4 rings (SSSR count). The number of carbonyl (C=O) groups excluding carboxylic acids is 2. The van der Waals surface area contributed by atoms with Gasteiger partial charge >= 0.3 is 12.5 Å². The van der Waals surface area contributed by atoms with Gasteiger partial charge in [0.25, 0.3) is 0 Å². The van der Waals surface area contributed by atoms with Crippen LogP contribution in [0.3, 0.4) is 0 Å². The molecule has 8 nitrogen and oxygen atoms in total. The highest BCUT2D eigenvalue weighted by Gasteiger charge is 2.49. The summed E-state index contributed by atoms with van der Waals surface area (Å²) in [5.41, 5.74) is 6.06. The average Bonchev–Trinajstić information content (AvgIpc) is 3.05. The highest BCUT2D eigenvalue weighted by atomic mass is 19.4. The highest BCUT2D eigenvalue weighted by molar-refractivity contribution is 5.96. The Morgan fingerprint density at radius 1 is 1.27 bits per heavy atom. The zero-order chi connectivity index (χ0) is 23.8. The van der Waals surface area contributed by atoms with Crippen LogP contribution in [0.5, 0.6) is 5.75 Å². The summed E-state index contributed by atoms with van der Waals surface area (Å²) in [6, 6.07) is 8.74. The zero-order valence-electron chi connectivity index (χ0n) is 17.8. The van der Waals surface area contributed by atoms with Crippen molar-refractivity contribution < 1.29 is 32.2 Å². The molecule has 1 saturated heterocycles. The Kier molecular flexibility index (Phi) is 5.81. The van der Waals surface area contributed by atoms with E-state index in [4.69, 9.17) is 10.5 Å². The molecule has 2 aromatic rings. The van der Waals surface area contributed by atoms with Crippen LogP contribution in [0.25, 0.3) is 0 Å². The number of ether oxygens (including phenoxy) is 2. The number of nitrogens with two attached hydrogens (primary N) is 1. The summed E-state index contributed by atoms with van der Waals surface area (Å²) in [6.07, 6.45) is -3.46. The molecule has 33 heavy (non-hydrogen) atoms. The van der Waals surface area contributed by atoms with Crippen LogP contribution in [0.15, 0.2) is 36.4 Å². The molecule has 1 aliphatic carbocycles. The standard InChI is InChI=1S/C22H23F3N4O4/c1-13-3-2-4-18(27-13)29-12-21(33-20(29)31)9-7-14(8-10-21)19(30)28-17-11-15(5-6-16(17)26)32-22(23,24)25/h2-6,11,14H,7-10,12,26H2,1H3,(H,28,30). The van der Waals surface area contributed by atoms with Crippen LogP contribution >= 0.6 is 0 Å². The SMILES string of the molecule is Cc1cccc(N2CC3(CCC(C(=O)Nc4cc(OC(F)(F)F)ccc4N)CC3)OC2=O)n1. The molecule has 1 aromatic carbocycles. The molecule has 2 fully saturated rings. The zero-order valence-corrected chi connectivity index (χ0v) is 17.8. The third kappa shape index (κ3) is 5.12. The number of hydrogen-bond acceptors (Lipinski definition) is 6. The van der Waals surface area contributed by atoms with Crippen LogP contribution in [-0.4, -0.2) is 35.5 Å². The number of hydrogen-bond donors (Lipinski definition) is 2. The quantitative estimate of drug-likeness (QED) is 0.650. The Labute approximate surface area is 187 Å². The number of amides is 2. The lowest BCUT2D eigenvalue weighted by molar-refractivity contribution is -0.274. The van der Waals surface area contributed by atoms with E-state index in [0.29, 0.717) is 38.0 Å². The summed E-state index contributed by atoms with van der Waals surface area (Å²) >= 11 is 0. The van der Waals surface area contributed by atoms with Gasteiger partial charge in [0.05, 0.1) is 17.9 Å². The van der Waals surface area contributed by atoms with E-state index in [-0.39, 0.29) is 17.3 Å². The molecule has 0 bridgehead atoms. The van der Waals surface area contributed by atoms with Crippen molar-refractivity contribution in [3.63, 3.8) is 0 Å². The van der Waals surface area contributed by atoms with E-state index in [1.54, 1.807) is 6.07 Å². The number of nitrogens with one attached hydrogen (secondary N) is 1. The molecule has 2 amide bonds. The van der Waals surface area contributed by atoms with Gasteiger partial charge in [-0.05, 0) is 56.9 Å². The molecule has 0 atom stereocenters. The van der Waals surface area contributed by atoms with E-state index in [9.17, 15) is 22.8 Å². The number of pyridine rings is 1. The number of aromatic nitrogens is 1. The smallest absolute Gasteiger partial charge is 0.441 e.